The molecule has 6 heteroatoms. The van der Waals surface area contributed by atoms with E-state index >= 15 is 0 Å². The van der Waals surface area contributed by atoms with E-state index in [4.69, 9.17) is 5.10 Å². The van der Waals surface area contributed by atoms with E-state index in [0.717, 1.165) is 63.6 Å². The van der Waals surface area contributed by atoms with Gasteiger partial charge in [0.25, 0.3) is 0 Å². The van der Waals surface area contributed by atoms with Crippen LogP contribution in [0.15, 0.2) is 48.5 Å². The molecule has 188 valence electrons. The van der Waals surface area contributed by atoms with Crippen molar-refractivity contribution in [1.29, 1.82) is 0 Å². The van der Waals surface area contributed by atoms with Crippen molar-refractivity contribution in [3.05, 3.63) is 76.7 Å². The van der Waals surface area contributed by atoms with Gasteiger partial charge in [-0.2, -0.15) is 5.10 Å². The van der Waals surface area contributed by atoms with E-state index in [-0.39, 0.29) is 5.82 Å². The first-order chi connectivity index (χ1) is 16.8. The molecule has 0 atom stereocenters. The molecule has 0 bridgehead atoms. The van der Waals surface area contributed by atoms with Gasteiger partial charge in [-0.15, -0.1) is 0 Å². The summed E-state index contributed by atoms with van der Waals surface area (Å²) >= 11 is 0. The van der Waals surface area contributed by atoms with Crippen LogP contribution in [0.1, 0.15) is 43.2 Å². The molecular weight excluding hydrogens is 437 g/mol. The highest BCUT2D eigenvalue weighted by atomic mass is 19.1. The summed E-state index contributed by atoms with van der Waals surface area (Å²) in [5.41, 5.74) is 5.98. The summed E-state index contributed by atoms with van der Waals surface area (Å²) in [6.07, 6.45) is 0.865. The molecule has 0 spiro atoms. The minimum atomic E-state index is -0.223. The topological polar surface area (TPSA) is 27.5 Å². The van der Waals surface area contributed by atoms with Crippen molar-refractivity contribution in [3.8, 4) is 5.69 Å². The number of piperazine rings is 1. The van der Waals surface area contributed by atoms with E-state index in [1.807, 2.05) is 12.1 Å². The first-order valence-corrected chi connectivity index (χ1v) is 12.9. The van der Waals surface area contributed by atoms with E-state index in [9.17, 15) is 4.39 Å². The van der Waals surface area contributed by atoms with Gasteiger partial charge in [-0.25, -0.2) is 9.07 Å². The summed E-state index contributed by atoms with van der Waals surface area (Å²) in [6, 6.07) is 15.6. The summed E-state index contributed by atoms with van der Waals surface area (Å²) in [4.78, 5) is 7.41. The summed E-state index contributed by atoms with van der Waals surface area (Å²) in [6.45, 7) is 15.6. The molecule has 5 nitrogen and oxygen atoms in total. The van der Waals surface area contributed by atoms with Crippen LogP contribution in [0.2, 0.25) is 0 Å². The fourth-order valence-corrected chi connectivity index (χ4v) is 5.03. The lowest BCUT2D eigenvalue weighted by atomic mass is 10.1. The Kier molecular flexibility index (Phi) is 8.24. The first-order valence-electron chi connectivity index (χ1n) is 12.9. The van der Waals surface area contributed by atoms with Crippen molar-refractivity contribution >= 4 is 5.82 Å². The zero-order valence-corrected chi connectivity index (χ0v) is 22.0. The molecule has 4 rings (SSSR count). The number of halogens is 1. The standard InChI is InChI=1S/C29H40FN5/c1-6-28-27(21-33(19-22(2)3)20-24-9-7-8-23(4)18-24)29(34-16-14-32(5)15-17-34)35(31-28)26-12-10-25(30)11-13-26/h7-13,18,22H,6,14-17,19-21H2,1-5H3. The lowest BCUT2D eigenvalue weighted by Gasteiger charge is -2.35. The molecule has 1 aromatic heterocycles. The van der Waals surface area contributed by atoms with Gasteiger partial charge in [-0.1, -0.05) is 50.6 Å². The lowest BCUT2D eigenvalue weighted by molar-refractivity contribution is 0.227. The number of hydrogen-bond acceptors (Lipinski definition) is 4. The zero-order chi connectivity index (χ0) is 24.9. The highest BCUT2D eigenvalue weighted by Crippen LogP contribution is 2.31. The number of anilines is 1. The Bertz CT molecular complexity index is 1100. The van der Waals surface area contributed by atoms with Crippen LogP contribution in [-0.4, -0.2) is 59.4 Å². The van der Waals surface area contributed by atoms with Crippen molar-refractivity contribution in [2.24, 2.45) is 5.92 Å². The van der Waals surface area contributed by atoms with Gasteiger partial charge in [-0.05, 0) is 56.1 Å². The molecule has 1 aliphatic rings. The van der Waals surface area contributed by atoms with Crippen LogP contribution in [0.4, 0.5) is 10.2 Å². The Morgan fingerprint density at radius 2 is 1.71 bits per heavy atom. The molecular formula is C29H40FN5. The maximum Gasteiger partial charge on any atom is 0.137 e. The summed E-state index contributed by atoms with van der Waals surface area (Å²) in [5, 5.41) is 5.09. The molecule has 1 saturated heterocycles. The summed E-state index contributed by atoms with van der Waals surface area (Å²) in [7, 11) is 2.18. The monoisotopic (exact) mass is 477 g/mol. The molecule has 0 N–H and O–H groups in total. The van der Waals surface area contributed by atoms with Crippen LogP contribution in [0, 0.1) is 18.7 Å². The second-order valence-corrected chi connectivity index (χ2v) is 10.3. The van der Waals surface area contributed by atoms with Crippen LogP contribution in [0.25, 0.3) is 5.69 Å². The second-order valence-electron chi connectivity index (χ2n) is 10.3. The SMILES string of the molecule is CCc1nn(-c2ccc(F)cc2)c(N2CCN(C)CC2)c1CN(Cc1cccc(C)c1)CC(C)C. The van der Waals surface area contributed by atoms with Crippen LogP contribution >= 0.6 is 0 Å². The molecule has 3 aromatic rings. The molecule has 0 saturated carbocycles. The number of aryl methyl sites for hydroxylation is 2. The van der Waals surface area contributed by atoms with Crippen molar-refractivity contribution < 1.29 is 4.39 Å². The van der Waals surface area contributed by atoms with Crippen LogP contribution < -0.4 is 4.90 Å². The Morgan fingerprint density at radius 1 is 1.00 bits per heavy atom. The molecule has 0 aliphatic carbocycles. The molecule has 0 radical (unpaired) electrons. The number of likely N-dealkylation sites (N-methyl/N-ethyl adjacent to an activating group) is 1. The van der Waals surface area contributed by atoms with Gasteiger partial charge < -0.3 is 9.80 Å². The average molecular weight is 478 g/mol. The first kappa shape index (κ1) is 25.4. The minimum Gasteiger partial charge on any atom is -0.354 e. The molecule has 0 amide bonds. The van der Waals surface area contributed by atoms with E-state index in [2.05, 4.69) is 78.4 Å². The molecule has 1 fully saturated rings. The van der Waals surface area contributed by atoms with Crippen molar-refractivity contribution in [2.45, 2.75) is 47.2 Å². The third-order valence-electron chi connectivity index (χ3n) is 6.74. The van der Waals surface area contributed by atoms with Gasteiger partial charge in [-0.3, -0.25) is 4.90 Å². The third kappa shape index (κ3) is 6.30. The molecule has 2 aromatic carbocycles. The highest BCUT2D eigenvalue weighted by Gasteiger charge is 2.27. The maximum atomic E-state index is 13.7. The van der Waals surface area contributed by atoms with Gasteiger partial charge in [0.15, 0.2) is 0 Å². The number of nitrogens with zero attached hydrogens (tertiary/aromatic N) is 5. The normalized spacial score (nSPS) is 14.9. The molecule has 35 heavy (non-hydrogen) atoms. The van der Waals surface area contributed by atoms with E-state index < -0.39 is 0 Å². The Labute approximate surface area is 210 Å². The van der Waals surface area contributed by atoms with E-state index in [0.29, 0.717) is 5.92 Å². The zero-order valence-electron chi connectivity index (χ0n) is 22.0. The smallest absolute Gasteiger partial charge is 0.137 e. The summed E-state index contributed by atoms with van der Waals surface area (Å²) < 4.78 is 15.8. The van der Waals surface area contributed by atoms with Crippen molar-refractivity contribution in [2.75, 3.05) is 44.7 Å². The predicted molar refractivity (Wildman–Crippen MR) is 143 cm³/mol. The quantitative estimate of drug-likeness (QED) is 0.418. The Morgan fingerprint density at radius 3 is 2.34 bits per heavy atom. The van der Waals surface area contributed by atoms with Crippen LogP contribution in [-0.2, 0) is 19.5 Å². The predicted octanol–water partition coefficient (Wildman–Crippen LogP) is 5.29. The number of rotatable bonds is 9. The Balaban J connectivity index is 1.75. The van der Waals surface area contributed by atoms with E-state index in [1.54, 1.807) is 0 Å². The van der Waals surface area contributed by atoms with E-state index in [1.165, 1.54) is 34.6 Å². The maximum absolute atomic E-state index is 13.7. The van der Waals surface area contributed by atoms with Gasteiger partial charge in [0.05, 0.1) is 11.4 Å². The van der Waals surface area contributed by atoms with Gasteiger partial charge in [0.2, 0.25) is 0 Å². The largest absolute Gasteiger partial charge is 0.354 e. The summed E-state index contributed by atoms with van der Waals surface area (Å²) in [5.74, 6) is 1.50. The molecule has 1 aliphatic heterocycles. The second kappa shape index (κ2) is 11.4. The van der Waals surface area contributed by atoms with Crippen LogP contribution in [0.5, 0.6) is 0 Å². The number of hydrogen-bond donors (Lipinski definition) is 0. The lowest BCUT2D eigenvalue weighted by Crippen LogP contribution is -2.45. The minimum absolute atomic E-state index is 0.223. The number of benzene rings is 2. The molecule has 2 heterocycles. The van der Waals surface area contributed by atoms with Crippen LogP contribution in [0.3, 0.4) is 0 Å². The fraction of sp³-hybridized carbons (Fsp3) is 0.483. The van der Waals surface area contributed by atoms with Gasteiger partial charge >= 0.3 is 0 Å². The highest BCUT2D eigenvalue weighted by molar-refractivity contribution is 5.56. The van der Waals surface area contributed by atoms with Crippen molar-refractivity contribution in [1.82, 2.24) is 19.6 Å². The number of aromatic nitrogens is 2. The molecule has 0 unspecified atom stereocenters. The van der Waals surface area contributed by atoms with Crippen molar-refractivity contribution in [3.63, 3.8) is 0 Å². The average Bonchev–Trinajstić information content (AvgIpc) is 3.18. The van der Waals surface area contributed by atoms with Gasteiger partial charge in [0, 0.05) is 51.4 Å². The third-order valence-corrected chi connectivity index (χ3v) is 6.74. The Hall–Kier alpha value is -2.70. The fourth-order valence-electron chi connectivity index (χ4n) is 5.03. The van der Waals surface area contributed by atoms with Gasteiger partial charge in [0.1, 0.15) is 11.6 Å².